The summed E-state index contributed by atoms with van der Waals surface area (Å²) in [7, 11) is 3.09. The van der Waals surface area contributed by atoms with Crippen LogP contribution in [0.25, 0.3) is 6.08 Å². The van der Waals surface area contributed by atoms with Crippen LogP contribution in [-0.2, 0) is 14.9 Å². The van der Waals surface area contributed by atoms with Gasteiger partial charge in [-0.2, -0.15) is 0 Å². The third kappa shape index (κ3) is 5.22. The van der Waals surface area contributed by atoms with Crippen molar-refractivity contribution >= 4 is 23.4 Å². The maximum absolute atomic E-state index is 13.8. The van der Waals surface area contributed by atoms with Crippen molar-refractivity contribution in [1.29, 1.82) is 0 Å². The Morgan fingerprint density at radius 2 is 1.79 bits per heavy atom. The van der Waals surface area contributed by atoms with Gasteiger partial charge in [0.25, 0.3) is 5.56 Å². The molecule has 0 amide bonds. The molecule has 1 aromatic heterocycles. The maximum atomic E-state index is 13.8. The van der Waals surface area contributed by atoms with Crippen LogP contribution in [-0.4, -0.2) is 31.4 Å². The Morgan fingerprint density at radius 1 is 1.11 bits per heavy atom. The lowest BCUT2D eigenvalue weighted by Gasteiger charge is -2.25. The van der Waals surface area contributed by atoms with Crippen LogP contribution in [0.1, 0.15) is 50.4 Å². The molecule has 3 aromatic rings. The van der Waals surface area contributed by atoms with Gasteiger partial charge in [-0.1, -0.05) is 75.1 Å². The Kier molecular flexibility index (Phi) is 7.73. The first-order valence-corrected chi connectivity index (χ1v) is 13.0. The zero-order valence-corrected chi connectivity index (χ0v) is 23.3. The van der Waals surface area contributed by atoms with E-state index in [-0.39, 0.29) is 23.2 Å². The summed E-state index contributed by atoms with van der Waals surface area (Å²) in [6.07, 6.45) is 3.36. The van der Waals surface area contributed by atoms with Gasteiger partial charge in [-0.3, -0.25) is 9.36 Å². The van der Waals surface area contributed by atoms with Gasteiger partial charge in [0.15, 0.2) is 16.3 Å². The summed E-state index contributed by atoms with van der Waals surface area (Å²) in [4.78, 5) is 32.2. The van der Waals surface area contributed by atoms with E-state index in [9.17, 15) is 9.59 Å². The van der Waals surface area contributed by atoms with Crippen LogP contribution in [0.2, 0.25) is 0 Å². The topological polar surface area (TPSA) is 79.1 Å². The molecule has 7 nitrogen and oxygen atoms in total. The molecule has 0 radical (unpaired) electrons. The number of hydrogen-bond donors (Lipinski definition) is 0. The van der Waals surface area contributed by atoms with E-state index in [2.05, 4.69) is 44.5 Å². The predicted octanol–water partition coefficient (Wildman–Crippen LogP) is 4.28. The molecule has 4 rings (SSSR count). The van der Waals surface area contributed by atoms with Crippen LogP contribution < -0.4 is 24.4 Å². The molecule has 1 aliphatic rings. The summed E-state index contributed by atoms with van der Waals surface area (Å²) >= 11 is 1.29. The van der Waals surface area contributed by atoms with Crippen molar-refractivity contribution in [2.24, 2.45) is 4.99 Å². The van der Waals surface area contributed by atoms with E-state index < -0.39 is 12.0 Å². The normalized spacial score (nSPS) is 15.5. The lowest BCUT2D eigenvalue weighted by atomic mass is 9.87. The van der Waals surface area contributed by atoms with E-state index in [1.165, 1.54) is 23.0 Å². The number of esters is 1. The van der Waals surface area contributed by atoms with E-state index in [0.29, 0.717) is 32.1 Å². The number of thiazole rings is 1. The van der Waals surface area contributed by atoms with Crippen molar-refractivity contribution in [3.05, 3.63) is 103 Å². The lowest BCUT2D eigenvalue weighted by molar-refractivity contribution is -0.138. The van der Waals surface area contributed by atoms with Crippen molar-refractivity contribution in [3.63, 3.8) is 0 Å². The highest BCUT2D eigenvalue weighted by Crippen LogP contribution is 2.36. The van der Waals surface area contributed by atoms with Gasteiger partial charge >= 0.3 is 5.97 Å². The first-order valence-electron chi connectivity index (χ1n) is 12.2. The van der Waals surface area contributed by atoms with Gasteiger partial charge in [0, 0.05) is 0 Å². The van der Waals surface area contributed by atoms with E-state index in [1.807, 2.05) is 24.3 Å². The molecule has 8 heteroatoms. The standard InChI is InChI=1S/C30H32N2O5S/c1-8-15-37-28(34)25-18(2)31-29-32(26(25)20-11-14-22(35-6)23(17-20)36-7)27(33)24(38-29)16-19-9-12-21(13-10-19)30(3,4)5/h8-14,16-17,26H,1,15H2,2-7H3/b24-16-/t26-/m0/s1. The second-order valence-corrected chi connectivity index (χ2v) is 11.0. The molecule has 0 spiro atoms. The van der Waals surface area contributed by atoms with Crippen LogP contribution in [0.3, 0.4) is 0 Å². The van der Waals surface area contributed by atoms with Gasteiger partial charge in [0.2, 0.25) is 0 Å². The molecule has 0 fully saturated rings. The molecular weight excluding hydrogens is 500 g/mol. The van der Waals surface area contributed by atoms with Crippen molar-refractivity contribution in [2.75, 3.05) is 20.8 Å². The quantitative estimate of drug-likeness (QED) is 0.335. The van der Waals surface area contributed by atoms with Crippen LogP contribution in [0.4, 0.5) is 0 Å². The zero-order chi connectivity index (χ0) is 27.6. The average molecular weight is 533 g/mol. The first-order chi connectivity index (χ1) is 18.1. The number of allylic oxidation sites excluding steroid dienone is 1. The number of carbonyl (C=O) groups is 1. The average Bonchev–Trinajstić information content (AvgIpc) is 3.19. The van der Waals surface area contributed by atoms with Gasteiger partial charge in [-0.25, -0.2) is 9.79 Å². The number of rotatable bonds is 7. The van der Waals surface area contributed by atoms with Crippen molar-refractivity contribution < 1.29 is 19.0 Å². The summed E-state index contributed by atoms with van der Waals surface area (Å²) in [5.41, 5.74) is 3.36. The number of fused-ring (bicyclic) bond motifs is 1. The predicted molar refractivity (Wildman–Crippen MR) is 150 cm³/mol. The van der Waals surface area contributed by atoms with E-state index in [0.717, 1.165) is 5.56 Å². The molecule has 0 aliphatic carbocycles. The number of benzene rings is 2. The maximum Gasteiger partial charge on any atom is 0.338 e. The highest BCUT2D eigenvalue weighted by molar-refractivity contribution is 7.07. The number of ether oxygens (including phenoxy) is 3. The minimum atomic E-state index is -0.756. The molecule has 0 N–H and O–H groups in total. The van der Waals surface area contributed by atoms with Gasteiger partial charge in [-0.15, -0.1) is 0 Å². The van der Waals surface area contributed by atoms with Crippen LogP contribution in [0.5, 0.6) is 11.5 Å². The Labute approximate surface area is 226 Å². The Morgan fingerprint density at radius 3 is 2.39 bits per heavy atom. The van der Waals surface area contributed by atoms with Crippen molar-refractivity contribution in [3.8, 4) is 11.5 Å². The van der Waals surface area contributed by atoms with Crippen molar-refractivity contribution in [1.82, 2.24) is 4.57 Å². The second-order valence-electron chi connectivity index (χ2n) is 9.96. The minimum Gasteiger partial charge on any atom is -0.493 e. The highest BCUT2D eigenvalue weighted by atomic mass is 32.1. The Balaban J connectivity index is 1.91. The summed E-state index contributed by atoms with van der Waals surface area (Å²) in [5, 5.41) is 0. The lowest BCUT2D eigenvalue weighted by Crippen LogP contribution is -2.40. The number of carbonyl (C=O) groups excluding carboxylic acids is 1. The molecule has 38 heavy (non-hydrogen) atoms. The van der Waals surface area contributed by atoms with Crippen LogP contribution in [0.15, 0.2) is 76.2 Å². The van der Waals surface area contributed by atoms with E-state index in [4.69, 9.17) is 14.2 Å². The second kappa shape index (κ2) is 10.8. The summed E-state index contributed by atoms with van der Waals surface area (Å²) in [6, 6.07) is 12.7. The fourth-order valence-electron chi connectivity index (χ4n) is 4.36. The van der Waals surface area contributed by atoms with E-state index in [1.54, 1.807) is 37.8 Å². The third-order valence-corrected chi connectivity index (χ3v) is 7.35. The molecule has 2 heterocycles. The van der Waals surface area contributed by atoms with Gasteiger partial charge < -0.3 is 14.2 Å². The molecule has 1 aliphatic heterocycles. The monoisotopic (exact) mass is 532 g/mol. The third-order valence-electron chi connectivity index (χ3n) is 6.37. The highest BCUT2D eigenvalue weighted by Gasteiger charge is 2.34. The summed E-state index contributed by atoms with van der Waals surface area (Å²) < 4.78 is 18.4. The van der Waals surface area contributed by atoms with E-state index >= 15 is 0 Å². The Hall–Kier alpha value is -3.91. The molecule has 0 unspecified atom stereocenters. The van der Waals surface area contributed by atoms with Crippen LogP contribution >= 0.6 is 11.3 Å². The first kappa shape index (κ1) is 27.1. The Bertz CT molecular complexity index is 1590. The fraction of sp³-hybridized carbons (Fsp3) is 0.300. The number of nitrogens with zero attached hydrogens (tertiary/aromatic N) is 2. The molecular formula is C30H32N2O5S. The fourth-order valence-corrected chi connectivity index (χ4v) is 5.41. The molecule has 198 valence electrons. The minimum absolute atomic E-state index is 0.0332. The summed E-state index contributed by atoms with van der Waals surface area (Å²) in [5.74, 6) is 0.469. The molecule has 0 saturated heterocycles. The molecule has 1 atom stereocenters. The van der Waals surface area contributed by atoms with Gasteiger partial charge in [-0.05, 0) is 47.2 Å². The largest absolute Gasteiger partial charge is 0.493 e. The van der Waals surface area contributed by atoms with Gasteiger partial charge in [0.1, 0.15) is 6.61 Å². The smallest absolute Gasteiger partial charge is 0.338 e. The molecule has 0 saturated carbocycles. The number of aromatic nitrogens is 1. The zero-order valence-electron chi connectivity index (χ0n) is 22.5. The van der Waals surface area contributed by atoms with Crippen LogP contribution in [0, 0.1) is 0 Å². The molecule has 2 aromatic carbocycles. The SMILES string of the molecule is C=CCOC(=O)C1=C(C)N=c2s/c(=C\c3ccc(C(C)(C)C)cc3)c(=O)n2[C@H]1c1ccc(OC)c(OC)c1. The molecule has 0 bridgehead atoms. The summed E-state index contributed by atoms with van der Waals surface area (Å²) in [6.45, 7) is 11.9. The van der Waals surface area contributed by atoms with Crippen molar-refractivity contribution in [2.45, 2.75) is 39.2 Å². The van der Waals surface area contributed by atoms with Gasteiger partial charge in [0.05, 0.1) is 36.1 Å². The number of methoxy groups -OCH3 is 2. The number of hydrogen-bond acceptors (Lipinski definition) is 7.